The van der Waals surface area contributed by atoms with Crippen LogP contribution in [0.4, 0.5) is 4.39 Å². The lowest BCUT2D eigenvalue weighted by Gasteiger charge is -2.17. The predicted octanol–water partition coefficient (Wildman–Crippen LogP) is 1.82. The van der Waals surface area contributed by atoms with E-state index in [1.807, 2.05) is 0 Å². The van der Waals surface area contributed by atoms with Crippen molar-refractivity contribution in [2.75, 3.05) is 11.5 Å². The molecule has 2 unspecified atom stereocenters. The van der Waals surface area contributed by atoms with E-state index < -0.39 is 21.8 Å². The third-order valence-corrected chi connectivity index (χ3v) is 5.40. The maximum Gasteiger partial charge on any atom is 0.150 e. The molecule has 0 aromatic heterocycles. The van der Waals surface area contributed by atoms with Crippen LogP contribution in [0.2, 0.25) is 5.02 Å². The smallest absolute Gasteiger partial charge is 0.150 e. The number of halogens is 2. The highest BCUT2D eigenvalue weighted by atomic mass is 35.5. The lowest BCUT2D eigenvalue weighted by molar-refractivity contribution is 0.120. The van der Waals surface area contributed by atoms with Crippen LogP contribution in [0, 0.1) is 11.7 Å². The molecule has 1 aliphatic heterocycles. The number of aliphatic hydroxyl groups is 1. The molecule has 6 heteroatoms. The minimum absolute atomic E-state index is 0.0208. The third-order valence-electron chi connectivity index (χ3n) is 3.26. The summed E-state index contributed by atoms with van der Waals surface area (Å²) in [5.41, 5.74) is 0.634. The second-order valence-corrected chi connectivity index (χ2v) is 7.31. The molecule has 1 heterocycles. The number of hydrogen-bond donors (Lipinski definition) is 1. The first kappa shape index (κ1) is 13.8. The maximum atomic E-state index is 12.9. The first-order valence-electron chi connectivity index (χ1n) is 5.70. The van der Waals surface area contributed by atoms with Gasteiger partial charge in [0.25, 0.3) is 0 Å². The van der Waals surface area contributed by atoms with Gasteiger partial charge in [-0.05, 0) is 24.1 Å². The average molecular weight is 293 g/mol. The summed E-state index contributed by atoms with van der Waals surface area (Å²) in [7, 11) is -3.00. The zero-order valence-electron chi connectivity index (χ0n) is 9.64. The van der Waals surface area contributed by atoms with E-state index in [9.17, 15) is 17.9 Å². The van der Waals surface area contributed by atoms with Gasteiger partial charge in [0.1, 0.15) is 5.82 Å². The highest BCUT2D eigenvalue weighted by Gasteiger charge is 2.32. The van der Waals surface area contributed by atoms with E-state index in [0.717, 1.165) is 0 Å². The number of rotatable bonds is 3. The largest absolute Gasteiger partial charge is 0.392 e. The van der Waals surface area contributed by atoms with Gasteiger partial charge in [-0.2, -0.15) is 0 Å². The molecule has 0 bridgehead atoms. The lowest BCUT2D eigenvalue weighted by atomic mass is 9.96. The molecule has 1 aliphatic rings. The Morgan fingerprint density at radius 2 is 2.22 bits per heavy atom. The van der Waals surface area contributed by atoms with Crippen molar-refractivity contribution in [2.45, 2.75) is 18.9 Å². The number of hydrogen-bond acceptors (Lipinski definition) is 3. The van der Waals surface area contributed by atoms with Crippen LogP contribution in [-0.2, 0) is 16.3 Å². The molecule has 18 heavy (non-hydrogen) atoms. The minimum Gasteiger partial charge on any atom is -0.392 e. The second-order valence-electron chi connectivity index (χ2n) is 4.67. The SMILES string of the molecule is O=S1(=O)CCC(C(O)Cc2ccc(F)cc2Cl)C1. The van der Waals surface area contributed by atoms with Crippen LogP contribution in [0.3, 0.4) is 0 Å². The van der Waals surface area contributed by atoms with E-state index in [-0.39, 0.29) is 28.9 Å². The Balaban J connectivity index is 2.05. The fourth-order valence-electron chi connectivity index (χ4n) is 2.21. The molecule has 0 spiro atoms. The summed E-state index contributed by atoms with van der Waals surface area (Å²) >= 11 is 5.87. The van der Waals surface area contributed by atoms with E-state index in [1.54, 1.807) is 0 Å². The van der Waals surface area contributed by atoms with E-state index in [4.69, 9.17) is 11.6 Å². The summed E-state index contributed by atoms with van der Waals surface area (Å²) in [5, 5.41) is 10.3. The fraction of sp³-hybridized carbons (Fsp3) is 0.500. The number of benzene rings is 1. The van der Waals surface area contributed by atoms with Crippen molar-refractivity contribution in [2.24, 2.45) is 5.92 Å². The van der Waals surface area contributed by atoms with E-state index in [2.05, 4.69) is 0 Å². The Hall–Kier alpha value is -0.650. The molecule has 1 aromatic carbocycles. The summed E-state index contributed by atoms with van der Waals surface area (Å²) in [6.45, 7) is 0. The van der Waals surface area contributed by atoms with Crippen molar-refractivity contribution >= 4 is 21.4 Å². The summed E-state index contributed by atoms with van der Waals surface area (Å²) in [6, 6.07) is 3.98. The van der Waals surface area contributed by atoms with Crippen molar-refractivity contribution in [3.8, 4) is 0 Å². The molecule has 2 atom stereocenters. The second kappa shape index (κ2) is 5.15. The van der Waals surface area contributed by atoms with Gasteiger partial charge in [0.15, 0.2) is 9.84 Å². The quantitative estimate of drug-likeness (QED) is 0.924. The van der Waals surface area contributed by atoms with Gasteiger partial charge < -0.3 is 5.11 Å². The Bertz CT molecular complexity index is 544. The van der Waals surface area contributed by atoms with Gasteiger partial charge >= 0.3 is 0 Å². The van der Waals surface area contributed by atoms with Gasteiger partial charge in [-0.3, -0.25) is 0 Å². The molecule has 100 valence electrons. The molecule has 1 aromatic rings. The molecule has 1 N–H and O–H groups in total. The van der Waals surface area contributed by atoms with Gasteiger partial charge in [0.2, 0.25) is 0 Å². The van der Waals surface area contributed by atoms with Crippen LogP contribution in [-0.4, -0.2) is 31.1 Å². The normalized spacial score (nSPS) is 24.1. The van der Waals surface area contributed by atoms with Crippen LogP contribution >= 0.6 is 11.6 Å². The van der Waals surface area contributed by atoms with Gasteiger partial charge in [-0.1, -0.05) is 17.7 Å². The Morgan fingerprint density at radius 3 is 2.78 bits per heavy atom. The molecule has 0 radical (unpaired) electrons. The highest BCUT2D eigenvalue weighted by molar-refractivity contribution is 7.91. The average Bonchev–Trinajstić information content (AvgIpc) is 2.63. The zero-order valence-corrected chi connectivity index (χ0v) is 11.2. The van der Waals surface area contributed by atoms with Crippen molar-refractivity contribution < 1.29 is 17.9 Å². The van der Waals surface area contributed by atoms with Crippen LogP contribution in [0.5, 0.6) is 0 Å². The Kier molecular flexibility index (Phi) is 3.94. The number of aliphatic hydroxyl groups excluding tert-OH is 1. The minimum atomic E-state index is -3.00. The van der Waals surface area contributed by atoms with Gasteiger partial charge in [0.05, 0.1) is 17.6 Å². The summed E-state index contributed by atoms with van der Waals surface area (Å²) in [6.07, 6.45) is -0.0352. The third kappa shape index (κ3) is 3.22. The van der Waals surface area contributed by atoms with Crippen molar-refractivity contribution in [3.05, 3.63) is 34.6 Å². The number of sulfone groups is 1. The zero-order chi connectivity index (χ0) is 13.3. The first-order valence-corrected chi connectivity index (χ1v) is 7.90. The van der Waals surface area contributed by atoms with Crippen LogP contribution in [0.15, 0.2) is 18.2 Å². The maximum absolute atomic E-state index is 12.9. The van der Waals surface area contributed by atoms with Crippen LogP contribution in [0.1, 0.15) is 12.0 Å². The van der Waals surface area contributed by atoms with E-state index >= 15 is 0 Å². The van der Waals surface area contributed by atoms with Gasteiger partial charge in [-0.15, -0.1) is 0 Å². The van der Waals surface area contributed by atoms with Gasteiger partial charge in [0, 0.05) is 17.4 Å². The molecule has 0 aliphatic carbocycles. The standard InChI is InChI=1S/C12H14ClFO3S/c13-11-6-10(14)2-1-8(11)5-12(15)9-3-4-18(16,17)7-9/h1-2,6,9,12,15H,3-5,7H2. The monoisotopic (exact) mass is 292 g/mol. The molecule has 0 amide bonds. The summed E-state index contributed by atoms with van der Waals surface area (Å²) in [5.74, 6) is -0.531. The van der Waals surface area contributed by atoms with Crippen LogP contribution in [0.25, 0.3) is 0 Å². The topological polar surface area (TPSA) is 54.4 Å². The van der Waals surface area contributed by atoms with Crippen LogP contribution < -0.4 is 0 Å². The van der Waals surface area contributed by atoms with Gasteiger partial charge in [-0.25, -0.2) is 12.8 Å². The highest BCUT2D eigenvalue weighted by Crippen LogP contribution is 2.26. The molecule has 0 saturated carbocycles. The van der Waals surface area contributed by atoms with E-state index in [0.29, 0.717) is 12.0 Å². The lowest BCUT2D eigenvalue weighted by Crippen LogP contribution is -2.24. The van der Waals surface area contributed by atoms with E-state index in [1.165, 1.54) is 18.2 Å². The molecule has 2 rings (SSSR count). The molecule has 1 fully saturated rings. The molecule has 1 saturated heterocycles. The van der Waals surface area contributed by atoms with Crippen molar-refractivity contribution in [3.63, 3.8) is 0 Å². The Labute approximate surface area is 111 Å². The molecule has 3 nitrogen and oxygen atoms in total. The van der Waals surface area contributed by atoms with Crippen molar-refractivity contribution in [1.82, 2.24) is 0 Å². The molecular formula is C12H14ClFO3S. The summed E-state index contributed by atoms with van der Waals surface area (Å²) < 4.78 is 35.5. The Morgan fingerprint density at radius 1 is 1.50 bits per heavy atom. The van der Waals surface area contributed by atoms with Crippen molar-refractivity contribution in [1.29, 1.82) is 0 Å². The predicted molar refractivity (Wildman–Crippen MR) is 67.9 cm³/mol. The first-order chi connectivity index (χ1) is 8.37. The fourth-order valence-corrected chi connectivity index (χ4v) is 4.32. The summed E-state index contributed by atoms with van der Waals surface area (Å²) in [4.78, 5) is 0. The molecular weight excluding hydrogens is 279 g/mol.